The molecule has 0 N–H and O–H groups in total. The second-order valence-corrected chi connectivity index (χ2v) is 4.49. The molecule has 0 amide bonds. The van der Waals surface area contributed by atoms with Crippen LogP contribution in [0.5, 0.6) is 11.6 Å². The monoisotopic (exact) mass is 319 g/mol. The maximum atomic E-state index is 10.9. The van der Waals surface area contributed by atoms with Crippen molar-refractivity contribution in [2.75, 3.05) is 0 Å². The summed E-state index contributed by atoms with van der Waals surface area (Å²) in [5, 5.41) is 18.4. The van der Waals surface area contributed by atoms with Crippen molar-refractivity contribution in [2.45, 2.75) is 0 Å². The number of ether oxygens (including phenoxy) is 1. The Bertz CT molecular complexity index is 634. The third-order valence-electron chi connectivity index (χ3n) is 2.02. The van der Waals surface area contributed by atoms with Gasteiger partial charge in [0, 0.05) is 18.2 Å². The highest BCUT2D eigenvalue weighted by atomic mass is 35.5. The molecular formula is C10H4Cl3N3O3. The molecule has 0 unspecified atom stereocenters. The highest BCUT2D eigenvalue weighted by Crippen LogP contribution is 2.37. The lowest BCUT2D eigenvalue weighted by Crippen LogP contribution is -1.96. The van der Waals surface area contributed by atoms with Crippen molar-refractivity contribution in [3.63, 3.8) is 0 Å². The van der Waals surface area contributed by atoms with E-state index in [4.69, 9.17) is 39.5 Å². The van der Waals surface area contributed by atoms with E-state index in [0.717, 1.165) is 6.07 Å². The summed E-state index contributed by atoms with van der Waals surface area (Å²) in [5.74, 6) is -0.0399. The van der Waals surface area contributed by atoms with Crippen LogP contribution in [-0.2, 0) is 0 Å². The molecule has 0 saturated carbocycles. The van der Waals surface area contributed by atoms with Crippen LogP contribution >= 0.6 is 34.8 Å². The number of nitro benzene ring substituents is 1. The molecule has 1 aromatic heterocycles. The normalized spacial score (nSPS) is 10.3. The lowest BCUT2D eigenvalue weighted by atomic mass is 10.3. The van der Waals surface area contributed by atoms with E-state index in [0.29, 0.717) is 0 Å². The molecule has 0 radical (unpaired) electrons. The van der Waals surface area contributed by atoms with Gasteiger partial charge in [0.25, 0.3) is 0 Å². The van der Waals surface area contributed by atoms with Gasteiger partial charge in [0.2, 0.25) is 11.6 Å². The summed E-state index contributed by atoms with van der Waals surface area (Å²) in [7, 11) is 0. The van der Waals surface area contributed by atoms with Crippen molar-refractivity contribution in [1.29, 1.82) is 0 Å². The van der Waals surface area contributed by atoms with E-state index in [1.54, 1.807) is 0 Å². The minimum Gasteiger partial charge on any atom is -0.430 e. The van der Waals surface area contributed by atoms with E-state index < -0.39 is 4.92 Å². The maximum absolute atomic E-state index is 10.9. The summed E-state index contributed by atoms with van der Waals surface area (Å²) < 4.78 is 5.24. The lowest BCUT2D eigenvalue weighted by molar-refractivity contribution is -0.385. The standard InChI is InChI=1S/C10H4Cl3N3O3/c11-5-3-7(16(17)18)8(4-6(5)12)19-10-2-1-9(13)14-15-10/h1-4H. The highest BCUT2D eigenvalue weighted by Gasteiger charge is 2.19. The molecule has 98 valence electrons. The summed E-state index contributed by atoms with van der Waals surface area (Å²) in [4.78, 5) is 10.3. The molecule has 0 aliphatic rings. The second-order valence-electron chi connectivity index (χ2n) is 3.29. The van der Waals surface area contributed by atoms with Crippen LogP contribution in [0.3, 0.4) is 0 Å². The molecule has 19 heavy (non-hydrogen) atoms. The summed E-state index contributed by atoms with van der Waals surface area (Å²) >= 11 is 17.1. The fourth-order valence-corrected chi connectivity index (χ4v) is 1.63. The van der Waals surface area contributed by atoms with Gasteiger partial charge in [-0.2, -0.15) is 0 Å². The molecule has 0 bridgehead atoms. The van der Waals surface area contributed by atoms with E-state index in [2.05, 4.69) is 10.2 Å². The topological polar surface area (TPSA) is 78.2 Å². The zero-order chi connectivity index (χ0) is 14.0. The average molecular weight is 321 g/mol. The number of hydrogen-bond donors (Lipinski definition) is 0. The third kappa shape index (κ3) is 3.23. The average Bonchev–Trinajstić information content (AvgIpc) is 2.36. The smallest absolute Gasteiger partial charge is 0.313 e. The van der Waals surface area contributed by atoms with Crippen LogP contribution in [0, 0.1) is 10.1 Å². The van der Waals surface area contributed by atoms with E-state index in [-0.39, 0.29) is 32.5 Å². The molecule has 0 spiro atoms. The molecule has 1 heterocycles. The quantitative estimate of drug-likeness (QED) is 0.627. The van der Waals surface area contributed by atoms with Gasteiger partial charge in [0.05, 0.1) is 15.0 Å². The van der Waals surface area contributed by atoms with E-state index in [9.17, 15) is 10.1 Å². The van der Waals surface area contributed by atoms with Gasteiger partial charge in [-0.15, -0.1) is 10.2 Å². The van der Waals surface area contributed by atoms with Gasteiger partial charge in [0.15, 0.2) is 5.15 Å². The Balaban J connectivity index is 2.41. The first kappa shape index (κ1) is 13.8. The number of hydrogen-bond acceptors (Lipinski definition) is 5. The lowest BCUT2D eigenvalue weighted by Gasteiger charge is -2.06. The molecule has 0 aliphatic carbocycles. The Morgan fingerprint density at radius 1 is 1.11 bits per heavy atom. The first-order valence-electron chi connectivity index (χ1n) is 4.78. The van der Waals surface area contributed by atoms with Crippen molar-refractivity contribution in [2.24, 2.45) is 0 Å². The molecule has 0 saturated heterocycles. The third-order valence-corrected chi connectivity index (χ3v) is 2.94. The Labute approximate surface area is 122 Å². The molecule has 0 fully saturated rings. The van der Waals surface area contributed by atoms with Crippen molar-refractivity contribution in [3.05, 3.63) is 49.6 Å². The maximum Gasteiger partial charge on any atom is 0.313 e. The number of halogens is 3. The van der Waals surface area contributed by atoms with Gasteiger partial charge in [-0.1, -0.05) is 34.8 Å². The van der Waals surface area contributed by atoms with Gasteiger partial charge in [-0.05, 0) is 6.07 Å². The molecule has 2 aromatic rings. The van der Waals surface area contributed by atoms with Crippen molar-refractivity contribution in [1.82, 2.24) is 10.2 Å². The number of aromatic nitrogens is 2. The zero-order valence-electron chi connectivity index (χ0n) is 9.01. The van der Waals surface area contributed by atoms with Crippen LogP contribution in [0.1, 0.15) is 0 Å². The fraction of sp³-hybridized carbons (Fsp3) is 0. The fourth-order valence-electron chi connectivity index (χ4n) is 1.21. The second kappa shape index (κ2) is 5.56. The molecule has 9 heteroatoms. The zero-order valence-corrected chi connectivity index (χ0v) is 11.3. The summed E-state index contributed by atoms with van der Waals surface area (Å²) in [6.07, 6.45) is 0. The SMILES string of the molecule is O=[N+]([O-])c1cc(Cl)c(Cl)cc1Oc1ccc(Cl)nn1. The molecule has 1 aromatic carbocycles. The van der Waals surface area contributed by atoms with Crippen LogP contribution in [-0.4, -0.2) is 15.1 Å². The first-order chi connectivity index (χ1) is 8.97. The largest absolute Gasteiger partial charge is 0.430 e. The van der Waals surface area contributed by atoms with E-state index in [1.807, 2.05) is 0 Å². The van der Waals surface area contributed by atoms with E-state index >= 15 is 0 Å². The Morgan fingerprint density at radius 3 is 2.37 bits per heavy atom. The van der Waals surface area contributed by atoms with Gasteiger partial charge >= 0.3 is 5.69 Å². The summed E-state index contributed by atoms with van der Waals surface area (Å²) in [6, 6.07) is 5.19. The number of rotatable bonds is 3. The number of nitro groups is 1. The van der Waals surface area contributed by atoms with Crippen LogP contribution in [0.15, 0.2) is 24.3 Å². The van der Waals surface area contributed by atoms with Gasteiger partial charge < -0.3 is 4.74 Å². The first-order valence-corrected chi connectivity index (χ1v) is 5.91. The van der Waals surface area contributed by atoms with Crippen molar-refractivity contribution < 1.29 is 9.66 Å². The predicted octanol–water partition coefficient (Wildman–Crippen LogP) is 4.14. The molecule has 0 atom stereocenters. The van der Waals surface area contributed by atoms with Gasteiger partial charge in [-0.25, -0.2) is 0 Å². The van der Waals surface area contributed by atoms with Crippen molar-refractivity contribution in [3.8, 4) is 11.6 Å². The predicted molar refractivity (Wildman–Crippen MR) is 70.2 cm³/mol. The van der Waals surface area contributed by atoms with Gasteiger partial charge in [0.1, 0.15) is 0 Å². The van der Waals surface area contributed by atoms with Crippen LogP contribution in [0.4, 0.5) is 5.69 Å². The van der Waals surface area contributed by atoms with Crippen LogP contribution in [0.2, 0.25) is 15.2 Å². The van der Waals surface area contributed by atoms with E-state index in [1.165, 1.54) is 18.2 Å². The molecular weight excluding hydrogens is 316 g/mol. The highest BCUT2D eigenvalue weighted by molar-refractivity contribution is 6.42. The molecule has 0 aliphatic heterocycles. The summed E-state index contributed by atoms with van der Waals surface area (Å²) in [6.45, 7) is 0. The van der Waals surface area contributed by atoms with Gasteiger partial charge in [-0.3, -0.25) is 10.1 Å². The van der Waals surface area contributed by atoms with Crippen LogP contribution < -0.4 is 4.74 Å². The number of nitrogens with zero attached hydrogens (tertiary/aromatic N) is 3. The molecule has 2 rings (SSSR count). The summed E-state index contributed by atoms with van der Waals surface area (Å²) in [5.41, 5.74) is -0.328. The molecule has 6 nitrogen and oxygen atoms in total. The Morgan fingerprint density at radius 2 is 1.79 bits per heavy atom. The Hall–Kier alpha value is -1.63. The minimum atomic E-state index is -0.638. The van der Waals surface area contributed by atoms with Crippen molar-refractivity contribution >= 4 is 40.5 Å². The Kier molecular flexibility index (Phi) is 4.04. The van der Waals surface area contributed by atoms with Crippen LogP contribution in [0.25, 0.3) is 0 Å². The minimum absolute atomic E-state index is 0.0471. The number of benzene rings is 1.